The molecule has 5 heterocycles. The molecule has 3 atom stereocenters. The second-order valence-corrected chi connectivity index (χ2v) is 8.86. The number of ether oxygens (including phenoxy) is 1. The molecule has 3 aliphatic rings. The molecule has 31 heavy (non-hydrogen) atoms. The van der Waals surface area contributed by atoms with Crippen molar-refractivity contribution < 1.29 is 9.84 Å². The van der Waals surface area contributed by atoms with Crippen LogP contribution in [-0.4, -0.2) is 56.4 Å². The van der Waals surface area contributed by atoms with Gasteiger partial charge in [0.05, 0.1) is 12.7 Å². The summed E-state index contributed by atoms with van der Waals surface area (Å²) in [5.41, 5.74) is 3.11. The molecular formula is C23H26N6O2. The van der Waals surface area contributed by atoms with E-state index in [1.54, 1.807) is 16.9 Å². The molecular weight excluding hydrogens is 392 g/mol. The van der Waals surface area contributed by atoms with Crippen molar-refractivity contribution >= 4 is 5.82 Å². The molecule has 0 spiro atoms. The lowest BCUT2D eigenvalue weighted by Gasteiger charge is -2.40. The molecule has 2 N–H and O–H groups in total. The van der Waals surface area contributed by atoms with Gasteiger partial charge >= 0.3 is 0 Å². The largest absolute Gasteiger partial charge is 0.507 e. The summed E-state index contributed by atoms with van der Waals surface area (Å²) in [5, 5.41) is 27.6. The molecule has 6 rings (SSSR count). The molecule has 0 radical (unpaired) electrons. The number of fused-ring (bicyclic) bond motifs is 3. The molecule has 2 saturated heterocycles. The van der Waals surface area contributed by atoms with Gasteiger partial charge in [-0.2, -0.15) is 5.10 Å². The van der Waals surface area contributed by atoms with E-state index in [0.29, 0.717) is 36.0 Å². The molecule has 8 nitrogen and oxygen atoms in total. The van der Waals surface area contributed by atoms with E-state index in [1.165, 1.54) is 12.8 Å². The summed E-state index contributed by atoms with van der Waals surface area (Å²) in [4.78, 5) is 2.38. The number of hydrogen-bond donors (Lipinski definition) is 2. The lowest BCUT2D eigenvalue weighted by molar-refractivity contribution is 0.274. The maximum absolute atomic E-state index is 10.7. The fraction of sp³-hybridized carbons (Fsp3) is 0.435. The summed E-state index contributed by atoms with van der Waals surface area (Å²) in [6.07, 6.45) is 8.55. The number of nitrogens with one attached hydrogen (secondary N) is 1. The Balaban J connectivity index is 1.29. The van der Waals surface area contributed by atoms with Gasteiger partial charge in [0.2, 0.25) is 0 Å². The Morgan fingerprint density at radius 3 is 2.68 bits per heavy atom. The third kappa shape index (κ3) is 3.31. The van der Waals surface area contributed by atoms with Crippen LogP contribution in [0.25, 0.3) is 22.4 Å². The van der Waals surface area contributed by atoms with Gasteiger partial charge in [0.1, 0.15) is 18.1 Å². The molecule has 3 aromatic rings. The average Bonchev–Trinajstić information content (AvgIpc) is 3.37. The van der Waals surface area contributed by atoms with Gasteiger partial charge < -0.3 is 20.1 Å². The Morgan fingerprint density at radius 1 is 1.10 bits per heavy atom. The Bertz CT molecular complexity index is 1120. The SMILES string of the molecule is Cn1cc(-c2ccc(-c3cc4c(nn3)N(C3C[C@H]5CC[C@@H](C3)N5)CCO4)c(O)c2)cn1. The fourth-order valence-electron chi connectivity index (χ4n) is 5.30. The van der Waals surface area contributed by atoms with Crippen molar-refractivity contribution in [3.05, 3.63) is 36.7 Å². The van der Waals surface area contributed by atoms with Crippen LogP contribution >= 0.6 is 0 Å². The number of nitrogens with zero attached hydrogens (tertiary/aromatic N) is 5. The summed E-state index contributed by atoms with van der Waals surface area (Å²) in [6.45, 7) is 1.49. The lowest BCUT2D eigenvalue weighted by atomic mass is 9.97. The van der Waals surface area contributed by atoms with Crippen LogP contribution in [0.1, 0.15) is 25.7 Å². The number of benzene rings is 1. The Labute approximate surface area is 180 Å². The Morgan fingerprint density at radius 2 is 1.94 bits per heavy atom. The Kier molecular flexibility index (Phi) is 4.34. The molecule has 3 aliphatic heterocycles. The number of piperidine rings is 1. The third-order valence-electron chi connectivity index (χ3n) is 6.80. The topological polar surface area (TPSA) is 88.3 Å². The standard InChI is InChI=1S/C23H26N6O2/c1-28-13-15(12-24-28)14-2-5-19(21(30)8-14)20-11-22-23(27-26-20)29(6-7-31-22)18-9-16-3-4-17(10-18)25-16/h2,5,8,11-13,16-18,25,30H,3-4,6-7,9-10H2,1H3/t16-,17+,18?. The molecule has 2 bridgehead atoms. The molecule has 0 saturated carbocycles. The van der Waals surface area contributed by atoms with Gasteiger partial charge in [-0.05, 0) is 43.4 Å². The number of phenolic OH excluding ortho intramolecular Hbond substituents is 1. The predicted molar refractivity (Wildman–Crippen MR) is 117 cm³/mol. The average molecular weight is 419 g/mol. The summed E-state index contributed by atoms with van der Waals surface area (Å²) >= 11 is 0. The van der Waals surface area contributed by atoms with Gasteiger partial charge in [-0.1, -0.05) is 6.07 Å². The maximum Gasteiger partial charge on any atom is 0.194 e. The zero-order chi connectivity index (χ0) is 20.9. The predicted octanol–water partition coefficient (Wildman–Crippen LogP) is 2.73. The quantitative estimate of drug-likeness (QED) is 0.676. The first kappa shape index (κ1) is 18.6. The van der Waals surface area contributed by atoms with E-state index >= 15 is 0 Å². The molecule has 1 unspecified atom stereocenters. The highest BCUT2D eigenvalue weighted by atomic mass is 16.5. The van der Waals surface area contributed by atoms with Crippen molar-refractivity contribution in [2.75, 3.05) is 18.1 Å². The minimum absolute atomic E-state index is 0.165. The number of aromatic nitrogens is 4. The first-order valence-electron chi connectivity index (χ1n) is 11.0. The van der Waals surface area contributed by atoms with Crippen molar-refractivity contribution in [2.24, 2.45) is 7.05 Å². The Hall–Kier alpha value is -3.13. The summed E-state index contributed by atoms with van der Waals surface area (Å²) < 4.78 is 7.70. The van der Waals surface area contributed by atoms with Crippen LogP contribution < -0.4 is 15.0 Å². The lowest BCUT2D eigenvalue weighted by Crippen LogP contribution is -2.50. The summed E-state index contributed by atoms with van der Waals surface area (Å²) in [6, 6.07) is 9.21. The first-order valence-corrected chi connectivity index (χ1v) is 11.0. The molecule has 2 fully saturated rings. The molecule has 2 aromatic heterocycles. The summed E-state index contributed by atoms with van der Waals surface area (Å²) in [5.74, 6) is 1.74. The van der Waals surface area contributed by atoms with Crippen molar-refractivity contribution in [2.45, 2.75) is 43.8 Å². The number of phenols is 1. The minimum Gasteiger partial charge on any atom is -0.507 e. The normalized spacial score (nSPS) is 24.7. The van der Waals surface area contributed by atoms with E-state index in [0.717, 1.165) is 42.1 Å². The maximum atomic E-state index is 10.7. The van der Waals surface area contributed by atoms with Crippen LogP contribution in [0.2, 0.25) is 0 Å². The van der Waals surface area contributed by atoms with Gasteiger partial charge in [-0.25, -0.2) is 0 Å². The van der Waals surface area contributed by atoms with Crippen molar-refractivity contribution in [1.29, 1.82) is 0 Å². The minimum atomic E-state index is 0.165. The number of aromatic hydroxyl groups is 1. The number of aryl methyl sites for hydroxylation is 1. The van der Waals surface area contributed by atoms with Crippen LogP contribution in [0, 0.1) is 0 Å². The highest BCUT2D eigenvalue weighted by Gasteiger charge is 2.38. The zero-order valence-corrected chi connectivity index (χ0v) is 17.5. The van der Waals surface area contributed by atoms with Gasteiger partial charge in [0.25, 0.3) is 0 Å². The monoisotopic (exact) mass is 418 g/mol. The highest BCUT2D eigenvalue weighted by molar-refractivity contribution is 5.75. The van der Waals surface area contributed by atoms with Gasteiger partial charge in [-0.3, -0.25) is 4.68 Å². The number of rotatable bonds is 3. The molecule has 0 amide bonds. The van der Waals surface area contributed by atoms with E-state index in [-0.39, 0.29) is 5.75 Å². The van der Waals surface area contributed by atoms with E-state index in [9.17, 15) is 5.11 Å². The van der Waals surface area contributed by atoms with Gasteiger partial charge in [-0.15, -0.1) is 10.2 Å². The first-order chi connectivity index (χ1) is 15.1. The van der Waals surface area contributed by atoms with Crippen molar-refractivity contribution in [1.82, 2.24) is 25.3 Å². The molecule has 160 valence electrons. The molecule has 8 heteroatoms. The van der Waals surface area contributed by atoms with Crippen LogP contribution in [0.4, 0.5) is 5.82 Å². The van der Waals surface area contributed by atoms with Gasteiger partial charge in [0.15, 0.2) is 11.6 Å². The van der Waals surface area contributed by atoms with Crippen molar-refractivity contribution in [3.63, 3.8) is 0 Å². The van der Waals surface area contributed by atoms with Crippen molar-refractivity contribution in [3.8, 4) is 33.9 Å². The van der Waals surface area contributed by atoms with E-state index in [2.05, 4.69) is 25.5 Å². The van der Waals surface area contributed by atoms with E-state index < -0.39 is 0 Å². The zero-order valence-electron chi connectivity index (χ0n) is 17.5. The summed E-state index contributed by atoms with van der Waals surface area (Å²) in [7, 11) is 1.87. The van der Waals surface area contributed by atoms with E-state index in [4.69, 9.17) is 4.74 Å². The second kappa shape index (κ2) is 7.23. The van der Waals surface area contributed by atoms with Crippen LogP contribution in [0.5, 0.6) is 11.5 Å². The number of anilines is 1. The number of hydrogen-bond acceptors (Lipinski definition) is 7. The van der Waals surface area contributed by atoms with E-state index in [1.807, 2.05) is 31.4 Å². The third-order valence-corrected chi connectivity index (χ3v) is 6.80. The molecule has 0 aliphatic carbocycles. The molecule has 1 aromatic carbocycles. The van der Waals surface area contributed by atoms with Gasteiger partial charge in [0, 0.05) is 48.6 Å². The highest BCUT2D eigenvalue weighted by Crippen LogP contribution is 2.39. The second-order valence-electron chi connectivity index (χ2n) is 8.86. The van der Waals surface area contributed by atoms with Crippen LogP contribution in [0.3, 0.4) is 0 Å². The van der Waals surface area contributed by atoms with Crippen LogP contribution in [-0.2, 0) is 7.05 Å². The van der Waals surface area contributed by atoms with Crippen LogP contribution in [0.15, 0.2) is 36.7 Å². The fourth-order valence-corrected chi connectivity index (χ4v) is 5.30. The smallest absolute Gasteiger partial charge is 0.194 e.